The molecule has 0 radical (unpaired) electrons. The molecule has 0 saturated heterocycles. The Hall–Kier alpha value is -1.61. The molecule has 0 amide bonds. The van der Waals surface area contributed by atoms with Crippen LogP contribution < -0.4 is 5.73 Å². The molecule has 2 aliphatic rings. The highest BCUT2D eigenvalue weighted by Gasteiger charge is 2.29. The molecule has 98 valence electrons. The molecule has 0 saturated carbocycles. The van der Waals surface area contributed by atoms with E-state index in [-0.39, 0.29) is 0 Å². The van der Waals surface area contributed by atoms with Crippen LogP contribution in [0, 0.1) is 0 Å². The van der Waals surface area contributed by atoms with E-state index in [9.17, 15) is 0 Å². The number of benzene rings is 1. The summed E-state index contributed by atoms with van der Waals surface area (Å²) in [6.07, 6.45) is 3.17. The lowest BCUT2D eigenvalue weighted by molar-refractivity contribution is 0.441. The van der Waals surface area contributed by atoms with Crippen LogP contribution in [-0.4, -0.2) is 15.6 Å². The largest absolute Gasteiger partial charge is 0.330 e. The fraction of sp³-hybridized carbons (Fsp3) is 0.438. The predicted molar refractivity (Wildman–Crippen MR) is 76.1 cm³/mol. The monoisotopic (exact) mass is 253 g/mol. The first-order valence-electron chi connectivity index (χ1n) is 7.17. The van der Waals surface area contributed by atoms with Crippen molar-refractivity contribution in [2.45, 2.75) is 44.7 Å². The number of fused-ring (bicyclic) bond motifs is 5. The summed E-state index contributed by atoms with van der Waals surface area (Å²) in [6, 6.07) is 8.99. The van der Waals surface area contributed by atoms with E-state index >= 15 is 0 Å². The van der Waals surface area contributed by atoms with Crippen molar-refractivity contribution in [1.82, 2.24) is 9.55 Å². The number of imidazole rings is 1. The van der Waals surface area contributed by atoms with E-state index in [0.29, 0.717) is 12.0 Å². The SMILES string of the molecule is CC1Cc2c(nc3n2CC(N)CC3)-c2ccccc21. The first-order valence-corrected chi connectivity index (χ1v) is 7.17. The fourth-order valence-corrected chi connectivity index (χ4v) is 3.55. The zero-order chi connectivity index (χ0) is 13.0. The van der Waals surface area contributed by atoms with Crippen molar-refractivity contribution in [3.05, 3.63) is 41.3 Å². The Labute approximate surface area is 113 Å². The van der Waals surface area contributed by atoms with Crippen LogP contribution in [0.25, 0.3) is 11.3 Å². The van der Waals surface area contributed by atoms with Crippen molar-refractivity contribution in [3.8, 4) is 11.3 Å². The molecule has 1 aromatic heterocycles. The summed E-state index contributed by atoms with van der Waals surface area (Å²) in [4.78, 5) is 4.91. The van der Waals surface area contributed by atoms with Gasteiger partial charge in [-0.2, -0.15) is 0 Å². The summed E-state index contributed by atoms with van der Waals surface area (Å²) in [5, 5.41) is 0. The van der Waals surface area contributed by atoms with Crippen LogP contribution in [0.4, 0.5) is 0 Å². The summed E-state index contributed by atoms with van der Waals surface area (Å²) in [6.45, 7) is 3.25. The molecule has 1 aliphatic carbocycles. The second kappa shape index (κ2) is 3.94. The lowest BCUT2D eigenvalue weighted by Gasteiger charge is -2.26. The normalized spacial score (nSPS) is 24.5. The highest BCUT2D eigenvalue weighted by molar-refractivity contribution is 5.70. The minimum atomic E-state index is 0.290. The van der Waals surface area contributed by atoms with Gasteiger partial charge in [-0.15, -0.1) is 0 Å². The molecule has 3 nitrogen and oxygen atoms in total. The lowest BCUT2D eigenvalue weighted by Crippen LogP contribution is -2.33. The van der Waals surface area contributed by atoms with Gasteiger partial charge in [0.05, 0.1) is 5.69 Å². The van der Waals surface area contributed by atoms with Gasteiger partial charge in [0.15, 0.2) is 0 Å². The average Bonchev–Trinajstić information content (AvgIpc) is 2.78. The van der Waals surface area contributed by atoms with Crippen molar-refractivity contribution in [2.75, 3.05) is 0 Å². The van der Waals surface area contributed by atoms with Crippen LogP contribution in [0.3, 0.4) is 0 Å². The van der Waals surface area contributed by atoms with Gasteiger partial charge in [0.1, 0.15) is 5.82 Å². The average molecular weight is 253 g/mol. The van der Waals surface area contributed by atoms with Crippen LogP contribution in [0.15, 0.2) is 24.3 Å². The maximum Gasteiger partial charge on any atom is 0.109 e. The lowest BCUT2D eigenvalue weighted by atomic mass is 9.84. The van der Waals surface area contributed by atoms with E-state index in [1.165, 1.54) is 28.3 Å². The van der Waals surface area contributed by atoms with E-state index in [1.54, 1.807) is 0 Å². The maximum absolute atomic E-state index is 6.12. The second-order valence-corrected chi connectivity index (χ2v) is 5.93. The molecule has 0 spiro atoms. The molecule has 3 heteroatoms. The summed E-state index contributed by atoms with van der Waals surface area (Å²) >= 11 is 0. The zero-order valence-corrected chi connectivity index (χ0v) is 11.3. The topological polar surface area (TPSA) is 43.8 Å². The van der Waals surface area contributed by atoms with Gasteiger partial charge in [-0.3, -0.25) is 0 Å². The highest BCUT2D eigenvalue weighted by atomic mass is 15.1. The van der Waals surface area contributed by atoms with Crippen LogP contribution in [0.1, 0.15) is 36.3 Å². The number of rotatable bonds is 0. The van der Waals surface area contributed by atoms with E-state index in [1.807, 2.05) is 0 Å². The smallest absolute Gasteiger partial charge is 0.109 e. The summed E-state index contributed by atoms with van der Waals surface area (Å²) in [5.74, 6) is 1.80. The van der Waals surface area contributed by atoms with E-state index in [4.69, 9.17) is 10.7 Å². The number of aryl methyl sites for hydroxylation is 1. The fourth-order valence-electron chi connectivity index (χ4n) is 3.55. The number of aromatic nitrogens is 2. The Bertz CT molecular complexity index is 641. The number of hydrogen-bond acceptors (Lipinski definition) is 2. The summed E-state index contributed by atoms with van der Waals surface area (Å²) in [5.41, 5.74) is 11.5. The number of nitrogens with two attached hydrogens (primary N) is 1. The molecule has 0 bridgehead atoms. The van der Waals surface area contributed by atoms with Crippen molar-refractivity contribution < 1.29 is 0 Å². The molecule has 2 unspecified atom stereocenters. The Morgan fingerprint density at radius 2 is 2.16 bits per heavy atom. The number of nitrogens with zero attached hydrogens (tertiary/aromatic N) is 2. The van der Waals surface area contributed by atoms with E-state index in [0.717, 1.165) is 25.8 Å². The Balaban J connectivity index is 1.93. The molecule has 19 heavy (non-hydrogen) atoms. The molecule has 4 rings (SSSR count). The van der Waals surface area contributed by atoms with Crippen molar-refractivity contribution in [3.63, 3.8) is 0 Å². The Kier molecular flexibility index (Phi) is 2.33. The van der Waals surface area contributed by atoms with Gasteiger partial charge in [-0.05, 0) is 24.3 Å². The summed E-state index contributed by atoms with van der Waals surface area (Å²) < 4.78 is 2.38. The third-order valence-corrected chi connectivity index (χ3v) is 4.55. The standard InChI is InChI=1S/C16H19N3/c1-10-8-14-16(13-5-3-2-4-12(10)13)18-15-7-6-11(17)9-19(14)15/h2-5,10-11H,6-9,17H2,1H3. The highest BCUT2D eigenvalue weighted by Crippen LogP contribution is 2.40. The molecule has 2 aromatic rings. The molecule has 1 aromatic carbocycles. The van der Waals surface area contributed by atoms with Crippen LogP contribution in [-0.2, 0) is 19.4 Å². The quantitative estimate of drug-likeness (QED) is 0.784. The van der Waals surface area contributed by atoms with Gasteiger partial charge in [-0.25, -0.2) is 4.98 Å². The van der Waals surface area contributed by atoms with Crippen molar-refractivity contribution in [2.24, 2.45) is 5.73 Å². The van der Waals surface area contributed by atoms with Gasteiger partial charge in [0.2, 0.25) is 0 Å². The first kappa shape index (κ1) is 11.2. The van der Waals surface area contributed by atoms with Crippen LogP contribution in [0.5, 0.6) is 0 Å². The Morgan fingerprint density at radius 3 is 3.05 bits per heavy atom. The molecule has 2 heterocycles. The minimum absolute atomic E-state index is 0.290. The third kappa shape index (κ3) is 1.58. The summed E-state index contributed by atoms with van der Waals surface area (Å²) in [7, 11) is 0. The van der Waals surface area contributed by atoms with Gasteiger partial charge >= 0.3 is 0 Å². The van der Waals surface area contributed by atoms with Crippen LogP contribution >= 0.6 is 0 Å². The van der Waals surface area contributed by atoms with Crippen molar-refractivity contribution in [1.29, 1.82) is 0 Å². The van der Waals surface area contributed by atoms with Crippen LogP contribution in [0.2, 0.25) is 0 Å². The first-order chi connectivity index (χ1) is 9.24. The Morgan fingerprint density at radius 1 is 1.32 bits per heavy atom. The van der Waals surface area contributed by atoms with E-state index < -0.39 is 0 Å². The zero-order valence-electron chi connectivity index (χ0n) is 11.3. The van der Waals surface area contributed by atoms with Gasteiger partial charge in [0.25, 0.3) is 0 Å². The van der Waals surface area contributed by atoms with E-state index in [2.05, 4.69) is 35.8 Å². The van der Waals surface area contributed by atoms with Crippen molar-refractivity contribution >= 4 is 0 Å². The number of hydrogen-bond donors (Lipinski definition) is 1. The molecule has 2 atom stereocenters. The van der Waals surface area contributed by atoms with Gasteiger partial charge in [0, 0.05) is 30.3 Å². The predicted octanol–water partition coefficient (Wildman–Crippen LogP) is 2.48. The molecular weight excluding hydrogens is 234 g/mol. The third-order valence-electron chi connectivity index (χ3n) is 4.55. The second-order valence-electron chi connectivity index (χ2n) is 5.93. The minimum Gasteiger partial charge on any atom is -0.330 e. The molecule has 2 N–H and O–H groups in total. The molecular formula is C16H19N3. The molecule has 1 aliphatic heterocycles. The molecule has 0 fully saturated rings. The van der Waals surface area contributed by atoms with Gasteiger partial charge in [-0.1, -0.05) is 31.2 Å². The maximum atomic E-state index is 6.12. The van der Waals surface area contributed by atoms with Gasteiger partial charge < -0.3 is 10.3 Å².